The fraction of sp³-hybridized carbons (Fsp3) is 0.0833. The topological polar surface area (TPSA) is 67.9 Å². The number of carbonyl (C=O) groups excluding carboxylic acids is 2. The molecule has 0 fully saturated rings. The summed E-state index contributed by atoms with van der Waals surface area (Å²) in [6.07, 6.45) is 0. The first kappa shape index (κ1) is 21.0. The van der Waals surface area contributed by atoms with Crippen molar-refractivity contribution >= 4 is 28.8 Å². The van der Waals surface area contributed by atoms with Crippen molar-refractivity contribution in [2.24, 2.45) is 0 Å². The summed E-state index contributed by atoms with van der Waals surface area (Å²) in [5.41, 5.74) is 0.782. The normalized spacial score (nSPS) is 13.6. The molecule has 0 radical (unpaired) electrons. The summed E-state index contributed by atoms with van der Waals surface area (Å²) in [6, 6.07) is 15.3. The van der Waals surface area contributed by atoms with Gasteiger partial charge >= 0.3 is 0 Å². The smallest absolute Gasteiger partial charge is 0.282 e. The summed E-state index contributed by atoms with van der Waals surface area (Å²) < 4.78 is 37.7. The molecule has 3 aromatic carbocycles. The highest BCUT2D eigenvalue weighted by atomic mass is 19.1. The zero-order chi connectivity index (χ0) is 22.8. The number of carbonyl (C=O) groups is 2. The largest absolute Gasteiger partial charge is 0.497 e. The Balaban J connectivity index is 1.84. The summed E-state index contributed by atoms with van der Waals surface area (Å²) in [7, 11) is 2.89. The van der Waals surface area contributed by atoms with Gasteiger partial charge in [0.2, 0.25) is 0 Å². The minimum Gasteiger partial charge on any atom is -0.497 e. The Morgan fingerprint density at radius 2 is 1.56 bits per heavy atom. The summed E-state index contributed by atoms with van der Waals surface area (Å²) in [4.78, 5) is 27.8. The predicted molar refractivity (Wildman–Crippen MR) is 115 cm³/mol. The number of hydrogen-bond acceptors (Lipinski definition) is 5. The van der Waals surface area contributed by atoms with Gasteiger partial charge in [-0.05, 0) is 48.0 Å². The Kier molecular flexibility index (Phi) is 5.59. The number of methoxy groups -OCH3 is 2. The molecule has 6 nitrogen and oxygen atoms in total. The van der Waals surface area contributed by atoms with E-state index in [-0.39, 0.29) is 28.4 Å². The van der Waals surface area contributed by atoms with Gasteiger partial charge in [-0.3, -0.25) is 9.59 Å². The number of imide groups is 1. The molecule has 162 valence electrons. The second-order valence-electron chi connectivity index (χ2n) is 6.88. The minimum absolute atomic E-state index is 0.0251. The van der Waals surface area contributed by atoms with E-state index in [0.717, 1.165) is 4.90 Å². The van der Waals surface area contributed by atoms with E-state index >= 15 is 0 Å². The van der Waals surface area contributed by atoms with Crippen molar-refractivity contribution in [1.82, 2.24) is 0 Å². The summed E-state index contributed by atoms with van der Waals surface area (Å²) in [5, 5.41) is 2.85. The van der Waals surface area contributed by atoms with Crippen LogP contribution in [0, 0.1) is 11.6 Å². The molecule has 1 aliphatic heterocycles. The molecule has 1 N–H and O–H groups in total. The Morgan fingerprint density at radius 3 is 2.22 bits per heavy atom. The highest BCUT2D eigenvalue weighted by molar-refractivity contribution is 6.46. The molecule has 0 aromatic heterocycles. The van der Waals surface area contributed by atoms with Crippen LogP contribution in [0.15, 0.2) is 72.4 Å². The first-order valence-corrected chi connectivity index (χ1v) is 9.56. The summed E-state index contributed by atoms with van der Waals surface area (Å²) in [5.74, 6) is -1.57. The highest BCUT2D eigenvalue weighted by Crippen LogP contribution is 2.39. The fourth-order valence-corrected chi connectivity index (χ4v) is 3.43. The van der Waals surface area contributed by atoms with Crippen molar-refractivity contribution in [3.8, 4) is 11.5 Å². The second-order valence-corrected chi connectivity index (χ2v) is 6.88. The highest BCUT2D eigenvalue weighted by Gasteiger charge is 2.41. The van der Waals surface area contributed by atoms with Crippen LogP contribution in [0.5, 0.6) is 11.5 Å². The molecule has 3 aromatic rings. The molecule has 4 rings (SSSR count). The van der Waals surface area contributed by atoms with Gasteiger partial charge in [-0.2, -0.15) is 0 Å². The molecular formula is C24H18F2N2O4. The number of amides is 2. The van der Waals surface area contributed by atoms with Crippen molar-refractivity contribution in [2.45, 2.75) is 0 Å². The molecule has 0 unspecified atom stereocenters. The van der Waals surface area contributed by atoms with E-state index in [9.17, 15) is 18.4 Å². The fourth-order valence-electron chi connectivity index (χ4n) is 3.43. The van der Waals surface area contributed by atoms with Crippen LogP contribution >= 0.6 is 0 Å². The van der Waals surface area contributed by atoms with E-state index in [4.69, 9.17) is 9.47 Å². The lowest BCUT2D eigenvalue weighted by molar-refractivity contribution is -0.120. The number of nitrogens with one attached hydrogen (secondary N) is 1. The third-order valence-corrected chi connectivity index (χ3v) is 4.94. The van der Waals surface area contributed by atoms with Gasteiger partial charge in [0.05, 0.1) is 25.5 Å². The SMILES string of the molecule is COc1ccc(N2C(=O)C(Nc3cccc(F)c3)=C(c3ccc(F)cc3)C2=O)c(OC)c1. The van der Waals surface area contributed by atoms with Crippen molar-refractivity contribution in [1.29, 1.82) is 0 Å². The molecule has 1 aliphatic rings. The molecule has 0 aliphatic carbocycles. The van der Waals surface area contributed by atoms with Crippen LogP contribution in [0.4, 0.5) is 20.2 Å². The van der Waals surface area contributed by atoms with E-state index in [2.05, 4.69) is 5.32 Å². The third-order valence-electron chi connectivity index (χ3n) is 4.94. The molecule has 0 saturated heterocycles. The van der Waals surface area contributed by atoms with Gasteiger partial charge < -0.3 is 14.8 Å². The Hall–Kier alpha value is -4.20. The molecule has 0 spiro atoms. The van der Waals surface area contributed by atoms with Crippen molar-refractivity contribution in [3.05, 3.63) is 89.6 Å². The minimum atomic E-state index is -0.665. The third kappa shape index (κ3) is 3.78. The number of hydrogen-bond donors (Lipinski definition) is 1. The Morgan fingerprint density at radius 1 is 0.812 bits per heavy atom. The monoisotopic (exact) mass is 436 g/mol. The van der Waals surface area contributed by atoms with Crippen molar-refractivity contribution < 1.29 is 27.8 Å². The quantitative estimate of drug-likeness (QED) is 0.581. The van der Waals surface area contributed by atoms with E-state index in [1.807, 2.05) is 0 Å². The van der Waals surface area contributed by atoms with Crippen LogP contribution in [-0.2, 0) is 9.59 Å². The standard InChI is InChI=1S/C24H18F2N2O4/c1-31-18-10-11-19(20(13-18)32-2)28-23(29)21(14-6-8-15(25)9-7-14)22(24(28)30)27-17-5-3-4-16(26)12-17/h3-13,27H,1-2H3. The Bertz CT molecular complexity index is 1240. The van der Waals surface area contributed by atoms with E-state index < -0.39 is 23.4 Å². The predicted octanol–water partition coefficient (Wildman–Crippen LogP) is 4.38. The van der Waals surface area contributed by atoms with Crippen LogP contribution in [0.3, 0.4) is 0 Å². The van der Waals surface area contributed by atoms with Gasteiger partial charge in [-0.25, -0.2) is 13.7 Å². The molecule has 1 heterocycles. The van der Waals surface area contributed by atoms with E-state index in [1.54, 1.807) is 18.2 Å². The van der Waals surface area contributed by atoms with Crippen molar-refractivity contribution in [3.63, 3.8) is 0 Å². The first-order valence-electron chi connectivity index (χ1n) is 9.56. The summed E-state index contributed by atoms with van der Waals surface area (Å²) in [6.45, 7) is 0. The maximum atomic E-state index is 13.7. The molecule has 8 heteroatoms. The van der Waals surface area contributed by atoms with Crippen LogP contribution in [0.2, 0.25) is 0 Å². The van der Waals surface area contributed by atoms with E-state index in [0.29, 0.717) is 11.3 Å². The number of anilines is 2. The molecule has 0 bridgehead atoms. The van der Waals surface area contributed by atoms with Gasteiger partial charge in [-0.1, -0.05) is 18.2 Å². The van der Waals surface area contributed by atoms with Gasteiger partial charge in [0, 0.05) is 11.8 Å². The maximum Gasteiger partial charge on any atom is 0.282 e. The average Bonchev–Trinajstić information content (AvgIpc) is 3.03. The van der Waals surface area contributed by atoms with Gasteiger partial charge in [0.1, 0.15) is 28.8 Å². The van der Waals surface area contributed by atoms with Crippen LogP contribution in [0.25, 0.3) is 5.57 Å². The molecule has 0 atom stereocenters. The van der Waals surface area contributed by atoms with Gasteiger partial charge in [0.25, 0.3) is 11.8 Å². The maximum absolute atomic E-state index is 13.7. The number of ether oxygens (including phenoxy) is 2. The van der Waals surface area contributed by atoms with Crippen LogP contribution in [-0.4, -0.2) is 26.0 Å². The zero-order valence-electron chi connectivity index (χ0n) is 17.2. The van der Waals surface area contributed by atoms with Crippen molar-refractivity contribution in [2.75, 3.05) is 24.4 Å². The lowest BCUT2D eigenvalue weighted by atomic mass is 10.0. The Labute approximate surface area is 182 Å². The molecule has 32 heavy (non-hydrogen) atoms. The molecular weight excluding hydrogens is 418 g/mol. The average molecular weight is 436 g/mol. The lowest BCUT2D eigenvalue weighted by Gasteiger charge is -2.19. The number of halogens is 2. The van der Waals surface area contributed by atoms with Gasteiger partial charge in [0.15, 0.2) is 0 Å². The number of benzene rings is 3. The number of rotatable bonds is 6. The summed E-state index contributed by atoms with van der Waals surface area (Å²) >= 11 is 0. The second kappa shape index (κ2) is 8.50. The molecule has 0 saturated carbocycles. The first-order chi connectivity index (χ1) is 15.4. The number of nitrogens with zero attached hydrogens (tertiary/aromatic N) is 1. The van der Waals surface area contributed by atoms with E-state index in [1.165, 1.54) is 62.8 Å². The van der Waals surface area contributed by atoms with Crippen LogP contribution in [0.1, 0.15) is 5.56 Å². The lowest BCUT2D eigenvalue weighted by Crippen LogP contribution is -2.32. The van der Waals surface area contributed by atoms with Gasteiger partial charge in [-0.15, -0.1) is 0 Å². The molecule has 2 amide bonds. The zero-order valence-corrected chi connectivity index (χ0v) is 17.2. The van der Waals surface area contributed by atoms with Crippen LogP contribution < -0.4 is 19.7 Å².